The maximum Gasteiger partial charge on any atom is 0.331 e. The number of ether oxygens (including phenoxy) is 1. The number of carbonyl (C=O) groups is 2. The van der Waals surface area contributed by atoms with E-state index in [-0.39, 0.29) is 5.78 Å². The van der Waals surface area contributed by atoms with Crippen molar-refractivity contribution in [3.63, 3.8) is 0 Å². The van der Waals surface area contributed by atoms with Gasteiger partial charge in [-0.05, 0) is 30.3 Å². The average Bonchev–Trinajstić information content (AvgIpc) is 3.40. The molecule has 0 fully saturated rings. The number of esters is 1. The fourth-order valence-corrected chi connectivity index (χ4v) is 4.15. The average molecular weight is 519 g/mol. The molecule has 5 nitrogen and oxygen atoms in total. The van der Waals surface area contributed by atoms with Gasteiger partial charge in [-0.15, -0.1) is 0 Å². The Morgan fingerprint density at radius 1 is 0.789 bits per heavy atom. The molecule has 0 radical (unpaired) electrons. The molecule has 0 spiro atoms. The maximum absolute atomic E-state index is 13.3. The van der Waals surface area contributed by atoms with Crippen molar-refractivity contribution in [1.29, 1.82) is 0 Å². The second kappa shape index (κ2) is 11.5. The van der Waals surface area contributed by atoms with Crippen molar-refractivity contribution in [3.8, 4) is 16.9 Å². The Balaban J connectivity index is 1.44. The smallest absolute Gasteiger partial charge is 0.331 e. The van der Waals surface area contributed by atoms with Crippen molar-refractivity contribution in [2.45, 2.75) is 6.10 Å². The molecule has 1 heterocycles. The zero-order chi connectivity index (χ0) is 26.3. The molecule has 38 heavy (non-hydrogen) atoms. The van der Waals surface area contributed by atoms with Crippen LogP contribution in [0.25, 0.3) is 23.0 Å². The van der Waals surface area contributed by atoms with E-state index in [1.807, 2.05) is 60.8 Å². The number of para-hydroxylation sites is 1. The van der Waals surface area contributed by atoms with Gasteiger partial charge in [0.25, 0.3) is 0 Å². The topological polar surface area (TPSA) is 61.2 Å². The molecule has 5 rings (SSSR count). The standard InChI is InChI=1S/C32H23ClN2O3/c33-27-19-16-23(17-20-27)30-26(22-35(34-30)28-14-8-3-9-15-28)18-21-29(36)38-32(25-12-6-2-7-13-25)31(37)24-10-4-1-5-11-24/h1-22,32H. The molecule has 5 aromatic rings. The van der Waals surface area contributed by atoms with Crippen molar-refractivity contribution in [3.05, 3.63) is 149 Å². The molecule has 1 aromatic heterocycles. The van der Waals surface area contributed by atoms with Crippen LogP contribution in [0.15, 0.2) is 128 Å². The van der Waals surface area contributed by atoms with Crippen molar-refractivity contribution in [2.24, 2.45) is 0 Å². The Labute approximate surface area is 225 Å². The van der Waals surface area contributed by atoms with E-state index in [4.69, 9.17) is 21.4 Å². The molecule has 1 atom stereocenters. The first kappa shape index (κ1) is 24.9. The first-order valence-electron chi connectivity index (χ1n) is 12.0. The maximum atomic E-state index is 13.3. The van der Waals surface area contributed by atoms with Crippen LogP contribution in [0.3, 0.4) is 0 Å². The van der Waals surface area contributed by atoms with Crippen LogP contribution in [-0.2, 0) is 9.53 Å². The van der Waals surface area contributed by atoms with E-state index in [1.54, 1.807) is 71.4 Å². The largest absolute Gasteiger partial charge is 0.446 e. The van der Waals surface area contributed by atoms with Crippen LogP contribution < -0.4 is 0 Å². The van der Waals surface area contributed by atoms with Crippen LogP contribution in [0.2, 0.25) is 5.02 Å². The number of benzene rings is 4. The normalized spacial score (nSPS) is 11.8. The number of rotatable bonds is 8. The van der Waals surface area contributed by atoms with Crippen molar-refractivity contribution in [2.75, 3.05) is 0 Å². The van der Waals surface area contributed by atoms with Crippen LogP contribution in [0.5, 0.6) is 0 Å². The second-order valence-corrected chi connectivity index (χ2v) is 8.95. The van der Waals surface area contributed by atoms with Gasteiger partial charge in [-0.3, -0.25) is 4.79 Å². The lowest BCUT2D eigenvalue weighted by Crippen LogP contribution is -2.19. The van der Waals surface area contributed by atoms with E-state index in [0.717, 1.165) is 11.3 Å². The molecular weight excluding hydrogens is 496 g/mol. The van der Waals surface area contributed by atoms with Crippen molar-refractivity contribution >= 4 is 29.4 Å². The van der Waals surface area contributed by atoms with E-state index < -0.39 is 12.1 Å². The predicted molar refractivity (Wildman–Crippen MR) is 149 cm³/mol. The van der Waals surface area contributed by atoms with Gasteiger partial charge in [-0.1, -0.05) is 103 Å². The SMILES string of the molecule is O=C(C=Cc1cn(-c2ccccc2)nc1-c1ccc(Cl)cc1)OC(C(=O)c1ccccc1)c1ccccc1. The van der Waals surface area contributed by atoms with E-state index in [1.165, 1.54) is 6.08 Å². The number of aromatic nitrogens is 2. The van der Waals surface area contributed by atoms with Crippen molar-refractivity contribution < 1.29 is 14.3 Å². The molecule has 6 heteroatoms. The third kappa shape index (κ3) is 5.80. The Bertz CT molecular complexity index is 1560. The summed E-state index contributed by atoms with van der Waals surface area (Å²) in [5.74, 6) is -0.935. The number of carbonyl (C=O) groups excluding carboxylic acids is 2. The molecule has 186 valence electrons. The van der Waals surface area contributed by atoms with E-state index in [0.29, 0.717) is 27.4 Å². The summed E-state index contributed by atoms with van der Waals surface area (Å²) in [6.45, 7) is 0. The summed E-state index contributed by atoms with van der Waals surface area (Å²) in [5, 5.41) is 5.37. The first-order valence-corrected chi connectivity index (χ1v) is 12.4. The number of hydrogen-bond donors (Lipinski definition) is 0. The van der Waals surface area contributed by atoms with Gasteiger partial charge in [0.05, 0.1) is 11.4 Å². The Hall–Kier alpha value is -4.74. The van der Waals surface area contributed by atoms with Gasteiger partial charge in [0.1, 0.15) is 0 Å². The summed E-state index contributed by atoms with van der Waals surface area (Å²) in [5.41, 5.74) is 4.17. The van der Waals surface area contributed by atoms with Gasteiger partial charge in [0, 0.05) is 39.5 Å². The minimum absolute atomic E-state index is 0.294. The van der Waals surface area contributed by atoms with Gasteiger partial charge in [-0.25, -0.2) is 9.48 Å². The molecule has 0 bridgehead atoms. The lowest BCUT2D eigenvalue weighted by Gasteiger charge is -2.16. The number of Topliss-reactive ketones (excluding diaryl/α,β-unsaturated/α-hetero) is 1. The van der Waals surface area contributed by atoms with E-state index in [2.05, 4.69) is 0 Å². The molecule has 0 N–H and O–H groups in total. The highest BCUT2D eigenvalue weighted by molar-refractivity contribution is 6.30. The Morgan fingerprint density at radius 3 is 2.05 bits per heavy atom. The van der Waals surface area contributed by atoms with Crippen LogP contribution in [-0.4, -0.2) is 21.5 Å². The van der Waals surface area contributed by atoms with Crippen LogP contribution in [0, 0.1) is 0 Å². The van der Waals surface area contributed by atoms with Crippen LogP contribution in [0.1, 0.15) is 27.6 Å². The van der Waals surface area contributed by atoms with Gasteiger partial charge in [-0.2, -0.15) is 5.10 Å². The quantitative estimate of drug-likeness (QED) is 0.122. The van der Waals surface area contributed by atoms with Gasteiger partial charge in [0.2, 0.25) is 5.78 Å². The summed E-state index contributed by atoms with van der Waals surface area (Å²) in [7, 11) is 0. The molecule has 4 aromatic carbocycles. The fraction of sp³-hybridized carbons (Fsp3) is 0.0312. The Kier molecular flexibility index (Phi) is 7.57. The number of nitrogens with zero attached hydrogens (tertiary/aromatic N) is 2. The number of hydrogen-bond acceptors (Lipinski definition) is 4. The van der Waals surface area contributed by atoms with Gasteiger partial charge < -0.3 is 4.74 Å². The highest BCUT2D eigenvalue weighted by Crippen LogP contribution is 2.27. The third-order valence-corrected chi connectivity index (χ3v) is 6.16. The monoisotopic (exact) mass is 518 g/mol. The molecule has 0 aliphatic rings. The lowest BCUT2D eigenvalue weighted by atomic mass is 10.00. The van der Waals surface area contributed by atoms with E-state index in [9.17, 15) is 9.59 Å². The Morgan fingerprint density at radius 2 is 1.39 bits per heavy atom. The number of halogens is 1. The lowest BCUT2D eigenvalue weighted by molar-refractivity contribution is -0.141. The summed E-state index contributed by atoms with van der Waals surface area (Å²) in [4.78, 5) is 26.3. The molecule has 1 unspecified atom stereocenters. The third-order valence-electron chi connectivity index (χ3n) is 5.91. The molecule has 0 saturated carbocycles. The summed E-state index contributed by atoms with van der Waals surface area (Å²) >= 11 is 6.08. The summed E-state index contributed by atoms with van der Waals surface area (Å²) < 4.78 is 7.46. The predicted octanol–water partition coefficient (Wildman–Crippen LogP) is 7.37. The summed E-state index contributed by atoms with van der Waals surface area (Å²) in [6.07, 6.45) is 3.74. The van der Waals surface area contributed by atoms with Crippen LogP contribution >= 0.6 is 11.6 Å². The highest BCUT2D eigenvalue weighted by Gasteiger charge is 2.25. The zero-order valence-corrected chi connectivity index (χ0v) is 21.0. The summed E-state index contributed by atoms with van der Waals surface area (Å²) in [6, 6.07) is 34.8. The van der Waals surface area contributed by atoms with E-state index >= 15 is 0 Å². The van der Waals surface area contributed by atoms with Crippen molar-refractivity contribution in [1.82, 2.24) is 9.78 Å². The zero-order valence-electron chi connectivity index (χ0n) is 20.3. The van der Waals surface area contributed by atoms with Gasteiger partial charge >= 0.3 is 5.97 Å². The molecule has 0 aliphatic carbocycles. The molecule has 0 aliphatic heterocycles. The number of ketones is 1. The van der Waals surface area contributed by atoms with Crippen LogP contribution in [0.4, 0.5) is 0 Å². The van der Waals surface area contributed by atoms with Gasteiger partial charge in [0.15, 0.2) is 6.10 Å². The molecule has 0 amide bonds. The fourth-order valence-electron chi connectivity index (χ4n) is 4.02. The highest BCUT2D eigenvalue weighted by atomic mass is 35.5. The molecule has 0 saturated heterocycles. The minimum Gasteiger partial charge on any atom is -0.446 e. The minimum atomic E-state index is -1.07. The first-order chi connectivity index (χ1) is 18.6. The molecular formula is C32H23ClN2O3. The second-order valence-electron chi connectivity index (χ2n) is 8.51.